The largest absolute Gasteiger partial charge is 0.491 e. The van der Waals surface area contributed by atoms with Gasteiger partial charge < -0.3 is 10.1 Å². The van der Waals surface area contributed by atoms with E-state index in [1.165, 1.54) is 0 Å². The minimum atomic E-state index is 0.532. The van der Waals surface area contributed by atoms with Crippen molar-refractivity contribution in [3.05, 3.63) is 22.2 Å². The molecule has 2 nitrogen and oxygen atoms in total. The van der Waals surface area contributed by atoms with Crippen LogP contribution in [-0.4, -0.2) is 13.2 Å². The topological polar surface area (TPSA) is 21.3 Å². The van der Waals surface area contributed by atoms with Crippen LogP contribution in [0.5, 0.6) is 5.75 Å². The molecule has 0 saturated carbocycles. The molecule has 1 aromatic rings. The standard InChI is InChI=1S/C9H9Cl2NO/c10-6-4-8-9(5-7(6)11)13-3-1-2-12-8/h4-5,12H,1-3H2. The van der Waals surface area contributed by atoms with Crippen LogP contribution in [0.1, 0.15) is 6.42 Å². The first-order chi connectivity index (χ1) is 6.27. The van der Waals surface area contributed by atoms with Gasteiger partial charge >= 0.3 is 0 Å². The first-order valence-electron chi connectivity index (χ1n) is 4.13. The van der Waals surface area contributed by atoms with E-state index >= 15 is 0 Å². The average molecular weight is 218 g/mol. The molecule has 0 aromatic heterocycles. The number of benzene rings is 1. The summed E-state index contributed by atoms with van der Waals surface area (Å²) in [5, 5.41) is 4.31. The number of ether oxygens (including phenoxy) is 1. The van der Waals surface area contributed by atoms with Gasteiger partial charge in [0.05, 0.1) is 22.3 Å². The van der Waals surface area contributed by atoms with Gasteiger partial charge in [-0.05, 0) is 12.5 Å². The van der Waals surface area contributed by atoms with Gasteiger partial charge in [0.15, 0.2) is 0 Å². The minimum Gasteiger partial charge on any atom is -0.491 e. The molecular formula is C9H9Cl2NO. The number of fused-ring (bicyclic) bond motifs is 1. The summed E-state index contributed by atoms with van der Waals surface area (Å²) < 4.78 is 5.48. The molecular weight excluding hydrogens is 209 g/mol. The molecule has 1 N–H and O–H groups in total. The highest BCUT2D eigenvalue weighted by Crippen LogP contribution is 2.35. The van der Waals surface area contributed by atoms with Crippen molar-refractivity contribution in [3.63, 3.8) is 0 Å². The third-order valence-corrected chi connectivity index (χ3v) is 2.64. The molecule has 1 aromatic carbocycles. The van der Waals surface area contributed by atoms with E-state index in [1.54, 1.807) is 12.1 Å². The molecule has 1 aliphatic rings. The van der Waals surface area contributed by atoms with Crippen molar-refractivity contribution in [2.75, 3.05) is 18.5 Å². The Morgan fingerprint density at radius 1 is 1.23 bits per heavy atom. The van der Waals surface area contributed by atoms with Crippen molar-refractivity contribution < 1.29 is 4.74 Å². The van der Waals surface area contributed by atoms with Crippen LogP contribution in [0.3, 0.4) is 0 Å². The summed E-state index contributed by atoms with van der Waals surface area (Å²) in [5.74, 6) is 0.784. The van der Waals surface area contributed by atoms with Crippen LogP contribution in [0.15, 0.2) is 12.1 Å². The number of hydrogen-bond donors (Lipinski definition) is 1. The predicted molar refractivity (Wildman–Crippen MR) is 55.1 cm³/mol. The Morgan fingerprint density at radius 2 is 2.00 bits per heavy atom. The van der Waals surface area contributed by atoms with E-state index in [0.717, 1.165) is 31.0 Å². The van der Waals surface area contributed by atoms with Crippen molar-refractivity contribution in [2.24, 2.45) is 0 Å². The summed E-state index contributed by atoms with van der Waals surface area (Å²) in [6.07, 6.45) is 0.990. The minimum absolute atomic E-state index is 0.532. The molecule has 0 radical (unpaired) electrons. The number of hydrogen-bond acceptors (Lipinski definition) is 2. The first kappa shape index (κ1) is 8.97. The van der Waals surface area contributed by atoms with Crippen molar-refractivity contribution in [1.29, 1.82) is 0 Å². The zero-order valence-corrected chi connectivity index (χ0v) is 8.45. The van der Waals surface area contributed by atoms with Gasteiger partial charge in [-0.15, -0.1) is 0 Å². The van der Waals surface area contributed by atoms with E-state index in [9.17, 15) is 0 Å². The van der Waals surface area contributed by atoms with Gasteiger partial charge in [0, 0.05) is 12.6 Å². The van der Waals surface area contributed by atoms with Crippen LogP contribution < -0.4 is 10.1 Å². The van der Waals surface area contributed by atoms with Crippen molar-refractivity contribution in [1.82, 2.24) is 0 Å². The molecule has 0 saturated heterocycles. The van der Waals surface area contributed by atoms with Crippen LogP contribution in [0.25, 0.3) is 0 Å². The molecule has 0 atom stereocenters. The molecule has 1 heterocycles. The number of nitrogens with one attached hydrogen (secondary N) is 1. The Morgan fingerprint density at radius 3 is 2.85 bits per heavy atom. The fourth-order valence-electron chi connectivity index (χ4n) is 1.26. The van der Waals surface area contributed by atoms with E-state index in [1.807, 2.05) is 0 Å². The molecule has 1 aliphatic heterocycles. The van der Waals surface area contributed by atoms with E-state index in [4.69, 9.17) is 27.9 Å². The Balaban J connectivity index is 2.43. The monoisotopic (exact) mass is 217 g/mol. The lowest BCUT2D eigenvalue weighted by molar-refractivity contribution is 0.323. The molecule has 70 valence electrons. The maximum absolute atomic E-state index is 5.87. The normalized spacial score (nSPS) is 15.2. The molecule has 0 amide bonds. The van der Waals surface area contributed by atoms with Gasteiger partial charge in [-0.25, -0.2) is 0 Å². The third-order valence-electron chi connectivity index (χ3n) is 1.92. The predicted octanol–water partition coefficient (Wildman–Crippen LogP) is 3.19. The molecule has 0 fully saturated rings. The second-order valence-corrected chi connectivity index (χ2v) is 3.71. The Labute approximate surface area is 86.8 Å². The number of rotatable bonds is 0. The zero-order chi connectivity index (χ0) is 9.26. The van der Waals surface area contributed by atoms with Gasteiger partial charge in [0.25, 0.3) is 0 Å². The van der Waals surface area contributed by atoms with Crippen LogP contribution >= 0.6 is 23.2 Å². The Hall–Kier alpha value is -0.600. The molecule has 4 heteroatoms. The van der Waals surface area contributed by atoms with Gasteiger partial charge in [0.2, 0.25) is 0 Å². The van der Waals surface area contributed by atoms with Gasteiger partial charge in [-0.1, -0.05) is 23.2 Å². The summed E-state index contributed by atoms with van der Waals surface area (Å²) in [7, 11) is 0. The van der Waals surface area contributed by atoms with Crippen LogP contribution in [0, 0.1) is 0 Å². The lowest BCUT2D eigenvalue weighted by Gasteiger charge is -2.08. The highest BCUT2D eigenvalue weighted by atomic mass is 35.5. The maximum atomic E-state index is 5.87. The summed E-state index contributed by atoms with van der Waals surface area (Å²) >= 11 is 11.7. The second-order valence-electron chi connectivity index (χ2n) is 2.89. The van der Waals surface area contributed by atoms with Crippen molar-refractivity contribution in [3.8, 4) is 5.75 Å². The summed E-state index contributed by atoms with van der Waals surface area (Å²) in [6.45, 7) is 1.63. The average Bonchev–Trinajstić information content (AvgIpc) is 2.31. The molecule has 0 aliphatic carbocycles. The maximum Gasteiger partial charge on any atom is 0.143 e. The fourth-order valence-corrected chi connectivity index (χ4v) is 1.58. The SMILES string of the molecule is Clc1cc2c(cc1Cl)OCCCN2. The Kier molecular flexibility index (Phi) is 2.51. The van der Waals surface area contributed by atoms with E-state index < -0.39 is 0 Å². The summed E-state index contributed by atoms with van der Waals surface area (Å²) in [5.41, 5.74) is 0.923. The lowest BCUT2D eigenvalue weighted by atomic mass is 10.3. The first-order valence-corrected chi connectivity index (χ1v) is 4.88. The quantitative estimate of drug-likeness (QED) is 0.721. The van der Waals surface area contributed by atoms with Gasteiger partial charge in [0.1, 0.15) is 5.75 Å². The number of halogens is 2. The Bertz CT molecular complexity index is 297. The zero-order valence-electron chi connectivity index (χ0n) is 6.94. The lowest BCUT2D eigenvalue weighted by Crippen LogP contribution is -1.99. The van der Waals surface area contributed by atoms with E-state index in [-0.39, 0.29) is 0 Å². The number of anilines is 1. The van der Waals surface area contributed by atoms with Crippen LogP contribution in [-0.2, 0) is 0 Å². The highest BCUT2D eigenvalue weighted by molar-refractivity contribution is 6.42. The second kappa shape index (κ2) is 3.64. The molecule has 0 bridgehead atoms. The van der Waals surface area contributed by atoms with Gasteiger partial charge in [-0.2, -0.15) is 0 Å². The van der Waals surface area contributed by atoms with E-state index in [0.29, 0.717) is 10.0 Å². The smallest absolute Gasteiger partial charge is 0.143 e. The van der Waals surface area contributed by atoms with Crippen LogP contribution in [0.2, 0.25) is 10.0 Å². The summed E-state index contributed by atoms with van der Waals surface area (Å²) in [6, 6.07) is 3.54. The third kappa shape index (κ3) is 1.84. The summed E-state index contributed by atoms with van der Waals surface area (Å²) in [4.78, 5) is 0. The molecule has 2 rings (SSSR count). The van der Waals surface area contributed by atoms with Crippen molar-refractivity contribution in [2.45, 2.75) is 6.42 Å². The fraction of sp³-hybridized carbons (Fsp3) is 0.333. The van der Waals surface area contributed by atoms with Gasteiger partial charge in [-0.3, -0.25) is 0 Å². The van der Waals surface area contributed by atoms with E-state index in [2.05, 4.69) is 5.32 Å². The molecule has 13 heavy (non-hydrogen) atoms. The highest BCUT2D eigenvalue weighted by Gasteiger charge is 2.10. The van der Waals surface area contributed by atoms with Crippen molar-refractivity contribution >= 4 is 28.9 Å². The molecule has 0 spiro atoms. The molecule has 0 unspecified atom stereocenters. The van der Waals surface area contributed by atoms with Crippen LogP contribution in [0.4, 0.5) is 5.69 Å².